The summed E-state index contributed by atoms with van der Waals surface area (Å²) in [4.78, 5) is 14.2. The molecule has 0 radical (unpaired) electrons. The lowest BCUT2D eigenvalue weighted by Gasteiger charge is -2.16. The minimum Gasteiger partial charge on any atom is -0.478 e. The fourth-order valence-corrected chi connectivity index (χ4v) is 1.04. The number of hydrogen-bond donors (Lipinski definition) is 3. The maximum Gasteiger partial charge on any atom is 0.416 e. The summed E-state index contributed by atoms with van der Waals surface area (Å²) in [5.41, 5.74) is -0.294. The van der Waals surface area contributed by atoms with E-state index in [0.717, 1.165) is 6.20 Å². The Kier molecular flexibility index (Phi) is 3.89. The van der Waals surface area contributed by atoms with Gasteiger partial charge in [0.2, 0.25) is 0 Å². The second-order valence-corrected chi connectivity index (χ2v) is 3.16. The van der Waals surface area contributed by atoms with Crippen LogP contribution in [0.5, 0.6) is 0 Å². The van der Waals surface area contributed by atoms with Crippen molar-refractivity contribution in [3.05, 3.63) is 24.0 Å². The smallest absolute Gasteiger partial charge is 0.416 e. The van der Waals surface area contributed by atoms with Crippen molar-refractivity contribution in [2.24, 2.45) is 0 Å². The predicted octanol–water partition coefficient (Wildman–Crippen LogP) is 1.11. The first-order chi connectivity index (χ1) is 7.82. The summed E-state index contributed by atoms with van der Waals surface area (Å²) in [5.74, 6) is -1.32. The van der Waals surface area contributed by atoms with E-state index in [9.17, 15) is 18.0 Å². The monoisotopic (exact) mass is 250 g/mol. The van der Waals surface area contributed by atoms with Crippen LogP contribution in [0, 0.1) is 0 Å². The molecule has 1 aromatic heterocycles. The van der Waals surface area contributed by atoms with E-state index in [1.807, 2.05) is 0 Å². The molecule has 1 rings (SSSR count). The Morgan fingerprint density at radius 1 is 1.53 bits per heavy atom. The SMILES string of the molecule is O=C(O)c1cnccc1NCC(O)C(F)(F)F. The number of aliphatic hydroxyl groups is 1. The first-order valence-corrected chi connectivity index (χ1v) is 4.48. The summed E-state index contributed by atoms with van der Waals surface area (Å²) in [7, 11) is 0. The van der Waals surface area contributed by atoms with Crippen LogP contribution in [0.2, 0.25) is 0 Å². The van der Waals surface area contributed by atoms with Crippen LogP contribution in [-0.2, 0) is 0 Å². The van der Waals surface area contributed by atoms with E-state index >= 15 is 0 Å². The Morgan fingerprint density at radius 3 is 2.71 bits per heavy atom. The minimum absolute atomic E-state index is 0.0317. The van der Waals surface area contributed by atoms with Crippen LogP contribution in [0.25, 0.3) is 0 Å². The number of nitrogens with one attached hydrogen (secondary N) is 1. The van der Waals surface area contributed by atoms with E-state index < -0.39 is 24.8 Å². The number of pyridine rings is 1. The molecule has 5 nitrogen and oxygen atoms in total. The minimum atomic E-state index is -4.75. The molecule has 0 aromatic carbocycles. The molecule has 8 heteroatoms. The fraction of sp³-hybridized carbons (Fsp3) is 0.333. The van der Waals surface area contributed by atoms with Crippen LogP contribution in [0.15, 0.2) is 18.5 Å². The van der Waals surface area contributed by atoms with Crippen LogP contribution in [-0.4, -0.2) is 40.0 Å². The standard InChI is InChI=1S/C9H9F3N2O3/c10-9(11,12)7(15)4-14-6-1-2-13-3-5(6)8(16)17/h1-3,7,15H,4H2,(H,13,14)(H,16,17). The van der Waals surface area contributed by atoms with Gasteiger partial charge < -0.3 is 15.5 Å². The zero-order valence-corrected chi connectivity index (χ0v) is 8.40. The predicted molar refractivity (Wildman–Crippen MR) is 51.7 cm³/mol. The topological polar surface area (TPSA) is 82.5 Å². The molecule has 1 unspecified atom stereocenters. The number of halogens is 3. The van der Waals surface area contributed by atoms with Crippen molar-refractivity contribution in [1.82, 2.24) is 4.98 Å². The zero-order valence-electron chi connectivity index (χ0n) is 8.40. The Morgan fingerprint density at radius 2 is 2.18 bits per heavy atom. The fourth-order valence-electron chi connectivity index (χ4n) is 1.04. The van der Waals surface area contributed by atoms with Crippen LogP contribution in [0.4, 0.5) is 18.9 Å². The molecule has 17 heavy (non-hydrogen) atoms. The average molecular weight is 250 g/mol. The Balaban J connectivity index is 2.73. The van der Waals surface area contributed by atoms with Crippen LogP contribution in [0.3, 0.4) is 0 Å². The molecular formula is C9H9F3N2O3. The van der Waals surface area contributed by atoms with E-state index in [0.29, 0.717) is 0 Å². The number of carbonyl (C=O) groups is 1. The van der Waals surface area contributed by atoms with Gasteiger partial charge in [0, 0.05) is 18.9 Å². The van der Waals surface area contributed by atoms with Gasteiger partial charge in [0.1, 0.15) is 5.56 Å². The molecule has 0 fully saturated rings. The van der Waals surface area contributed by atoms with E-state index in [1.165, 1.54) is 12.3 Å². The third-order valence-corrected chi connectivity index (χ3v) is 1.92. The molecule has 0 saturated heterocycles. The maximum absolute atomic E-state index is 12.0. The number of alkyl halides is 3. The number of aliphatic hydroxyl groups excluding tert-OH is 1. The molecule has 0 saturated carbocycles. The first kappa shape index (κ1) is 13.2. The van der Waals surface area contributed by atoms with Crippen molar-refractivity contribution in [1.29, 1.82) is 0 Å². The third-order valence-electron chi connectivity index (χ3n) is 1.92. The van der Waals surface area contributed by atoms with Gasteiger partial charge in [0.25, 0.3) is 0 Å². The van der Waals surface area contributed by atoms with Gasteiger partial charge in [-0.1, -0.05) is 0 Å². The molecule has 0 aliphatic rings. The summed E-state index contributed by atoms with van der Waals surface area (Å²) < 4.78 is 36.0. The van der Waals surface area contributed by atoms with Crippen molar-refractivity contribution in [2.45, 2.75) is 12.3 Å². The Labute approximate surface area is 93.9 Å². The summed E-state index contributed by atoms with van der Waals surface area (Å²) in [5, 5.41) is 19.7. The lowest BCUT2D eigenvalue weighted by molar-refractivity contribution is -0.198. The molecular weight excluding hydrogens is 241 g/mol. The number of nitrogens with zero attached hydrogens (tertiary/aromatic N) is 1. The van der Waals surface area contributed by atoms with E-state index in [1.54, 1.807) is 0 Å². The van der Waals surface area contributed by atoms with Gasteiger partial charge in [-0.3, -0.25) is 4.98 Å². The molecule has 0 aliphatic heterocycles. The Hall–Kier alpha value is -1.83. The lowest BCUT2D eigenvalue weighted by atomic mass is 10.2. The molecule has 1 aromatic rings. The van der Waals surface area contributed by atoms with Gasteiger partial charge in [0.15, 0.2) is 6.10 Å². The second-order valence-electron chi connectivity index (χ2n) is 3.16. The first-order valence-electron chi connectivity index (χ1n) is 4.48. The molecule has 0 spiro atoms. The number of aromatic carboxylic acids is 1. The number of carboxylic acid groups (broad SMARTS) is 1. The van der Waals surface area contributed by atoms with Gasteiger partial charge in [-0.15, -0.1) is 0 Å². The number of rotatable bonds is 4. The molecule has 94 valence electrons. The van der Waals surface area contributed by atoms with Crippen molar-refractivity contribution in [3.8, 4) is 0 Å². The average Bonchev–Trinajstić information content (AvgIpc) is 2.24. The number of carboxylic acids is 1. The highest BCUT2D eigenvalue weighted by atomic mass is 19.4. The quantitative estimate of drug-likeness (QED) is 0.745. The van der Waals surface area contributed by atoms with Gasteiger partial charge in [-0.25, -0.2) is 4.79 Å². The number of anilines is 1. The normalized spacial score (nSPS) is 13.2. The van der Waals surface area contributed by atoms with Crippen LogP contribution < -0.4 is 5.32 Å². The van der Waals surface area contributed by atoms with Crippen molar-refractivity contribution < 1.29 is 28.2 Å². The molecule has 1 heterocycles. The van der Waals surface area contributed by atoms with Crippen LogP contribution in [0.1, 0.15) is 10.4 Å². The molecule has 3 N–H and O–H groups in total. The van der Waals surface area contributed by atoms with Crippen molar-refractivity contribution >= 4 is 11.7 Å². The van der Waals surface area contributed by atoms with Gasteiger partial charge in [-0.05, 0) is 6.07 Å². The molecule has 0 aliphatic carbocycles. The number of hydrogen-bond acceptors (Lipinski definition) is 4. The maximum atomic E-state index is 12.0. The van der Waals surface area contributed by atoms with Gasteiger partial charge >= 0.3 is 12.1 Å². The third kappa shape index (κ3) is 3.59. The second kappa shape index (κ2) is 5.00. The van der Waals surface area contributed by atoms with Crippen molar-refractivity contribution in [2.75, 3.05) is 11.9 Å². The molecule has 0 bridgehead atoms. The van der Waals surface area contributed by atoms with E-state index in [2.05, 4.69) is 10.3 Å². The number of aromatic nitrogens is 1. The highest BCUT2D eigenvalue weighted by molar-refractivity contribution is 5.93. The summed E-state index contributed by atoms with van der Waals surface area (Å²) in [6, 6.07) is 1.21. The summed E-state index contributed by atoms with van der Waals surface area (Å²) >= 11 is 0. The molecule has 1 atom stereocenters. The largest absolute Gasteiger partial charge is 0.478 e. The van der Waals surface area contributed by atoms with Crippen LogP contribution >= 0.6 is 0 Å². The van der Waals surface area contributed by atoms with E-state index in [-0.39, 0.29) is 11.3 Å². The lowest BCUT2D eigenvalue weighted by Crippen LogP contribution is -2.35. The highest BCUT2D eigenvalue weighted by Crippen LogP contribution is 2.21. The Bertz CT molecular complexity index is 409. The highest BCUT2D eigenvalue weighted by Gasteiger charge is 2.37. The summed E-state index contributed by atoms with van der Waals surface area (Å²) in [6.45, 7) is -0.826. The summed E-state index contributed by atoms with van der Waals surface area (Å²) in [6.07, 6.45) is -5.07. The van der Waals surface area contributed by atoms with Gasteiger partial charge in [-0.2, -0.15) is 13.2 Å². The van der Waals surface area contributed by atoms with Gasteiger partial charge in [0.05, 0.1) is 5.69 Å². The molecule has 0 amide bonds. The van der Waals surface area contributed by atoms with E-state index in [4.69, 9.17) is 10.2 Å². The zero-order chi connectivity index (χ0) is 13.1. The van der Waals surface area contributed by atoms with Crippen molar-refractivity contribution in [3.63, 3.8) is 0 Å².